The molecule has 22 heavy (non-hydrogen) atoms. The summed E-state index contributed by atoms with van der Waals surface area (Å²) in [7, 11) is 0. The maximum absolute atomic E-state index is 6.12. The molecule has 0 spiro atoms. The predicted molar refractivity (Wildman–Crippen MR) is 86.3 cm³/mol. The number of para-hydroxylation sites is 1. The van der Waals surface area contributed by atoms with Crippen LogP contribution in [0.25, 0.3) is 0 Å². The van der Waals surface area contributed by atoms with Crippen LogP contribution >= 0.6 is 23.2 Å². The zero-order valence-corrected chi connectivity index (χ0v) is 13.0. The van der Waals surface area contributed by atoms with Gasteiger partial charge in [-0.3, -0.25) is 0 Å². The van der Waals surface area contributed by atoms with Gasteiger partial charge in [0.1, 0.15) is 11.6 Å². The minimum absolute atomic E-state index is 0.376. The first-order valence-electron chi connectivity index (χ1n) is 6.36. The molecule has 0 saturated carbocycles. The summed E-state index contributed by atoms with van der Waals surface area (Å²) < 4.78 is 4.98. The van der Waals surface area contributed by atoms with E-state index in [-0.39, 0.29) is 0 Å². The van der Waals surface area contributed by atoms with Gasteiger partial charge in [0, 0.05) is 12.3 Å². The number of aryl methyl sites for hydroxylation is 1. The summed E-state index contributed by atoms with van der Waals surface area (Å²) in [6.45, 7) is 1.80. The Morgan fingerprint density at radius 2 is 1.82 bits per heavy atom. The van der Waals surface area contributed by atoms with E-state index in [1.807, 2.05) is 0 Å². The Balaban J connectivity index is 1.82. The molecule has 8 heteroatoms. The minimum atomic E-state index is 0.376. The van der Waals surface area contributed by atoms with Crippen LogP contribution in [0.5, 0.6) is 0 Å². The molecule has 3 rings (SSSR count). The average molecular weight is 336 g/mol. The molecule has 112 valence electrons. The second-order valence-corrected chi connectivity index (χ2v) is 5.25. The van der Waals surface area contributed by atoms with E-state index in [0.29, 0.717) is 39.1 Å². The number of aromatic nitrogens is 3. The lowest BCUT2D eigenvalue weighted by Gasteiger charge is -2.10. The van der Waals surface area contributed by atoms with Crippen LogP contribution in [0.3, 0.4) is 0 Å². The highest BCUT2D eigenvalue weighted by Crippen LogP contribution is 2.32. The third-order valence-corrected chi connectivity index (χ3v) is 3.37. The Labute approximate surface area is 136 Å². The fourth-order valence-electron chi connectivity index (χ4n) is 1.77. The van der Waals surface area contributed by atoms with Crippen molar-refractivity contribution in [1.29, 1.82) is 0 Å². The highest BCUT2D eigenvalue weighted by atomic mass is 35.5. The van der Waals surface area contributed by atoms with Crippen molar-refractivity contribution in [2.24, 2.45) is 0 Å². The molecule has 0 saturated heterocycles. The van der Waals surface area contributed by atoms with Crippen molar-refractivity contribution in [3.63, 3.8) is 0 Å². The van der Waals surface area contributed by atoms with Crippen LogP contribution in [0.1, 0.15) is 5.76 Å². The van der Waals surface area contributed by atoms with Crippen molar-refractivity contribution in [1.82, 2.24) is 15.1 Å². The molecule has 0 aliphatic heterocycles. The van der Waals surface area contributed by atoms with Crippen molar-refractivity contribution < 1.29 is 4.52 Å². The van der Waals surface area contributed by atoms with Gasteiger partial charge in [0.15, 0.2) is 5.82 Å². The van der Waals surface area contributed by atoms with Gasteiger partial charge in [-0.25, -0.2) is 4.98 Å². The van der Waals surface area contributed by atoms with Gasteiger partial charge in [-0.15, -0.1) is 0 Å². The van der Waals surface area contributed by atoms with E-state index >= 15 is 0 Å². The summed E-state index contributed by atoms with van der Waals surface area (Å²) in [4.78, 5) is 8.44. The summed E-state index contributed by atoms with van der Waals surface area (Å²) in [5, 5.41) is 10.9. The topological polar surface area (TPSA) is 75.9 Å². The SMILES string of the molecule is Cc1cc(Nc2nccc(Nc3c(Cl)cccc3Cl)n2)no1. The van der Waals surface area contributed by atoms with Gasteiger partial charge in [0.2, 0.25) is 5.95 Å². The molecule has 0 fully saturated rings. The highest BCUT2D eigenvalue weighted by Gasteiger charge is 2.08. The van der Waals surface area contributed by atoms with Gasteiger partial charge in [-0.05, 0) is 25.1 Å². The van der Waals surface area contributed by atoms with Gasteiger partial charge >= 0.3 is 0 Å². The summed E-state index contributed by atoms with van der Waals surface area (Å²) >= 11 is 12.2. The van der Waals surface area contributed by atoms with E-state index < -0.39 is 0 Å². The molecule has 1 aromatic carbocycles. The van der Waals surface area contributed by atoms with E-state index in [1.54, 1.807) is 43.5 Å². The molecule has 2 aromatic heterocycles. The molecule has 2 heterocycles. The molecular formula is C14H11Cl2N5O. The minimum Gasteiger partial charge on any atom is -0.360 e. The van der Waals surface area contributed by atoms with Crippen molar-refractivity contribution in [3.05, 3.63) is 52.3 Å². The Morgan fingerprint density at radius 3 is 2.50 bits per heavy atom. The third-order valence-electron chi connectivity index (χ3n) is 2.74. The predicted octanol–water partition coefficient (Wildman–Crippen LogP) is 4.57. The number of benzene rings is 1. The molecule has 0 aliphatic carbocycles. The number of rotatable bonds is 4. The van der Waals surface area contributed by atoms with Crippen molar-refractivity contribution >= 4 is 46.5 Å². The molecule has 0 atom stereocenters. The number of halogens is 2. The largest absolute Gasteiger partial charge is 0.360 e. The second-order valence-electron chi connectivity index (χ2n) is 4.43. The van der Waals surface area contributed by atoms with Crippen LogP contribution in [0.2, 0.25) is 10.0 Å². The number of nitrogens with one attached hydrogen (secondary N) is 2. The zero-order valence-electron chi connectivity index (χ0n) is 11.5. The van der Waals surface area contributed by atoms with E-state index in [2.05, 4.69) is 25.8 Å². The summed E-state index contributed by atoms with van der Waals surface area (Å²) in [5.41, 5.74) is 0.591. The van der Waals surface area contributed by atoms with Crippen LogP contribution in [0.4, 0.5) is 23.3 Å². The Morgan fingerprint density at radius 1 is 1.05 bits per heavy atom. The molecule has 0 unspecified atom stereocenters. The van der Waals surface area contributed by atoms with Crippen molar-refractivity contribution in [2.75, 3.05) is 10.6 Å². The molecule has 0 aliphatic rings. The van der Waals surface area contributed by atoms with Crippen molar-refractivity contribution in [2.45, 2.75) is 6.92 Å². The number of hydrogen-bond acceptors (Lipinski definition) is 6. The standard InChI is InChI=1S/C14H11Cl2N5O/c1-8-7-12(21-22-8)20-14-17-6-5-11(19-14)18-13-9(15)3-2-4-10(13)16/h2-7H,1H3,(H2,17,18,19,20,21). The van der Waals surface area contributed by atoms with Crippen LogP contribution in [-0.2, 0) is 0 Å². The molecule has 6 nitrogen and oxygen atoms in total. The van der Waals surface area contributed by atoms with Crippen LogP contribution in [-0.4, -0.2) is 15.1 Å². The number of hydrogen-bond donors (Lipinski definition) is 2. The molecule has 0 bridgehead atoms. The molecule has 2 N–H and O–H groups in total. The van der Waals surface area contributed by atoms with E-state index in [9.17, 15) is 0 Å². The lowest BCUT2D eigenvalue weighted by molar-refractivity contribution is 0.400. The van der Waals surface area contributed by atoms with E-state index in [4.69, 9.17) is 27.7 Å². The number of anilines is 4. The summed E-state index contributed by atoms with van der Waals surface area (Å²) in [6, 6.07) is 8.71. The van der Waals surface area contributed by atoms with Crippen LogP contribution < -0.4 is 10.6 Å². The maximum atomic E-state index is 6.12. The van der Waals surface area contributed by atoms with Crippen molar-refractivity contribution in [3.8, 4) is 0 Å². The normalized spacial score (nSPS) is 10.5. The molecule has 3 aromatic rings. The van der Waals surface area contributed by atoms with Crippen LogP contribution in [0.15, 0.2) is 41.1 Å². The molecular weight excluding hydrogens is 325 g/mol. The molecule has 0 radical (unpaired) electrons. The van der Waals surface area contributed by atoms with Gasteiger partial charge < -0.3 is 15.2 Å². The fourth-order valence-corrected chi connectivity index (χ4v) is 2.27. The second kappa shape index (κ2) is 6.21. The Kier molecular flexibility index (Phi) is 4.13. The smallest absolute Gasteiger partial charge is 0.230 e. The Bertz CT molecular complexity index is 785. The number of nitrogens with zero attached hydrogens (tertiary/aromatic N) is 3. The summed E-state index contributed by atoms with van der Waals surface area (Å²) in [6.07, 6.45) is 1.61. The quantitative estimate of drug-likeness (QED) is 0.727. The first-order chi connectivity index (χ1) is 10.6. The van der Waals surface area contributed by atoms with Gasteiger partial charge in [-0.1, -0.05) is 34.4 Å². The highest BCUT2D eigenvalue weighted by molar-refractivity contribution is 6.39. The average Bonchev–Trinajstić information content (AvgIpc) is 2.89. The first-order valence-corrected chi connectivity index (χ1v) is 7.12. The Hall–Kier alpha value is -2.31. The fraction of sp³-hybridized carbons (Fsp3) is 0.0714. The summed E-state index contributed by atoms with van der Waals surface area (Å²) in [5.74, 6) is 2.15. The third kappa shape index (κ3) is 3.29. The van der Waals surface area contributed by atoms with Gasteiger partial charge in [0.05, 0.1) is 15.7 Å². The zero-order chi connectivity index (χ0) is 15.5. The first kappa shape index (κ1) is 14.6. The molecule has 0 amide bonds. The van der Waals surface area contributed by atoms with Gasteiger partial charge in [0.25, 0.3) is 0 Å². The lowest BCUT2D eigenvalue weighted by Crippen LogP contribution is -2.01. The van der Waals surface area contributed by atoms with E-state index in [1.165, 1.54) is 0 Å². The lowest BCUT2D eigenvalue weighted by atomic mass is 10.3. The maximum Gasteiger partial charge on any atom is 0.230 e. The monoisotopic (exact) mass is 335 g/mol. The van der Waals surface area contributed by atoms with Gasteiger partial charge in [-0.2, -0.15) is 4.98 Å². The van der Waals surface area contributed by atoms with Crippen LogP contribution in [0, 0.1) is 6.92 Å². The van der Waals surface area contributed by atoms with E-state index in [0.717, 1.165) is 0 Å².